The molecule has 0 fully saturated rings. The van der Waals surface area contributed by atoms with Crippen molar-refractivity contribution in [3.8, 4) is 0 Å². The van der Waals surface area contributed by atoms with Crippen molar-refractivity contribution in [2.45, 2.75) is 25.8 Å². The zero-order valence-corrected chi connectivity index (χ0v) is 22.9. The van der Waals surface area contributed by atoms with Crippen LogP contribution in [0, 0.1) is 0 Å². The summed E-state index contributed by atoms with van der Waals surface area (Å²) in [5.74, 6) is -0.514. The Kier molecular flexibility index (Phi) is 9.01. The second-order valence-corrected chi connectivity index (χ2v) is 13.1. The minimum atomic E-state index is -4.74. The fourth-order valence-corrected chi connectivity index (χ4v) is 5.44. The number of alkyl halides is 3. The number of hydrogen-bond donors (Lipinski definition) is 2. The molecule has 1 atom stereocenters. The van der Waals surface area contributed by atoms with Gasteiger partial charge in [-0.1, -0.05) is 18.2 Å². The molecule has 0 aliphatic heterocycles. The van der Waals surface area contributed by atoms with Gasteiger partial charge in [0.15, 0.2) is 0 Å². The maximum absolute atomic E-state index is 13.7. The van der Waals surface area contributed by atoms with Crippen LogP contribution in [0.4, 0.5) is 36.4 Å². The van der Waals surface area contributed by atoms with Crippen LogP contribution in [0.2, 0.25) is 0 Å². The van der Waals surface area contributed by atoms with Gasteiger partial charge < -0.3 is 15.2 Å². The van der Waals surface area contributed by atoms with Crippen LogP contribution in [0.5, 0.6) is 0 Å². The molecule has 0 saturated carbocycles. The van der Waals surface area contributed by atoms with E-state index in [0.717, 1.165) is 16.1 Å². The van der Waals surface area contributed by atoms with E-state index >= 15 is 0 Å². The lowest BCUT2D eigenvalue weighted by Gasteiger charge is -2.20. The topological polar surface area (TPSA) is 126 Å². The van der Waals surface area contributed by atoms with E-state index in [0.29, 0.717) is 24.1 Å². The molecule has 0 bridgehead atoms. The third-order valence-electron chi connectivity index (χ3n) is 5.29. The number of halogens is 3. The molecule has 2 heterocycles. The number of anilines is 4. The molecule has 1 unspecified atom stereocenters. The van der Waals surface area contributed by atoms with Crippen molar-refractivity contribution in [3.05, 3.63) is 65.5 Å². The van der Waals surface area contributed by atoms with Crippen LogP contribution >= 0.6 is 7.37 Å². The lowest BCUT2D eigenvalue weighted by molar-refractivity contribution is -0.137. The molecule has 0 aliphatic rings. The average Bonchev–Trinajstić information content (AvgIpc) is 2.82. The first-order valence-corrected chi connectivity index (χ1v) is 15.4. The van der Waals surface area contributed by atoms with Crippen LogP contribution in [0.15, 0.2) is 48.8 Å². The highest BCUT2D eigenvalue weighted by molar-refractivity contribution is 7.92. The minimum absolute atomic E-state index is 0.0736. The van der Waals surface area contributed by atoms with Crippen molar-refractivity contribution >= 4 is 40.7 Å². The van der Waals surface area contributed by atoms with Crippen molar-refractivity contribution in [2.24, 2.45) is 0 Å². The van der Waals surface area contributed by atoms with E-state index in [2.05, 4.69) is 25.6 Å². The second kappa shape index (κ2) is 11.7. The van der Waals surface area contributed by atoms with Gasteiger partial charge in [-0.3, -0.25) is 8.87 Å². The maximum atomic E-state index is 13.7. The molecule has 0 spiro atoms. The Balaban J connectivity index is 1.83. The highest BCUT2D eigenvalue weighted by Crippen LogP contribution is 2.46. The Morgan fingerprint density at radius 3 is 2.42 bits per heavy atom. The molecule has 10 nitrogen and oxygen atoms in total. The van der Waals surface area contributed by atoms with Crippen molar-refractivity contribution in [3.63, 3.8) is 0 Å². The van der Waals surface area contributed by atoms with Gasteiger partial charge in [-0.25, -0.2) is 18.4 Å². The van der Waals surface area contributed by atoms with Crippen LogP contribution in [-0.2, 0) is 38.0 Å². The Hall–Kier alpha value is -3.22. The predicted molar refractivity (Wildman–Crippen MR) is 140 cm³/mol. The first kappa shape index (κ1) is 29.3. The number of pyridine rings is 1. The smallest absolute Gasteiger partial charge is 0.365 e. The van der Waals surface area contributed by atoms with Crippen molar-refractivity contribution in [1.29, 1.82) is 0 Å². The second-order valence-electron chi connectivity index (χ2n) is 8.44. The van der Waals surface area contributed by atoms with Crippen LogP contribution in [0.25, 0.3) is 0 Å². The van der Waals surface area contributed by atoms with Crippen LogP contribution in [-0.4, -0.2) is 49.9 Å². The fourth-order valence-electron chi connectivity index (χ4n) is 3.45. The molecule has 15 heteroatoms. The monoisotopic (exact) mass is 572 g/mol. The van der Waals surface area contributed by atoms with Gasteiger partial charge in [-0.2, -0.15) is 18.2 Å². The number of sulfonamides is 1. The molecule has 0 aliphatic carbocycles. The number of nitrogens with one attached hydrogen (secondary N) is 2. The van der Waals surface area contributed by atoms with Gasteiger partial charge >= 0.3 is 6.18 Å². The first-order chi connectivity index (χ1) is 17.7. The van der Waals surface area contributed by atoms with Crippen LogP contribution in [0.3, 0.4) is 0 Å². The van der Waals surface area contributed by atoms with Gasteiger partial charge in [-0.05, 0) is 30.7 Å². The SMILES string of the molecule is CCOP(C)(=O)Cc1ccc(Nc2ncc(C(F)(F)F)c(NCc3cccnc3N(C)S(C)(=O)=O)n2)cc1. The minimum Gasteiger partial charge on any atom is -0.365 e. The average molecular weight is 573 g/mol. The van der Waals surface area contributed by atoms with Gasteiger partial charge in [0.25, 0.3) is 0 Å². The summed E-state index contributed by atoms with van der Waals surface area (Å²) in [7, 11) is -5.12. The molecule has 3 rings (SSSR count). The van der Waals surface area contributed by atoms with Gasteiger partial charge in [0, 0.05) is 50.1 Å². The Morgan fingerprint density at radius 1 is 1.13 bits per heavy atom. The molecule has 206 valence electrons. The first-order valence-electron chi connectivity index (χ1n) is 11.3. The molecule has 2 aromatic heterocycles. The number of benzene rings is 1. The van der Waals surface area contributed by atoms with E-state index in [1.54, 1.807) is 50.0 Å². The third kappa shape index (κ3) is 7.89. The van der Waals surface area contributed by atoms with Gasteiger partial charge in [-0.15, -0.1) is 0 Å². The molecule has 1 aromatic carbocycles. The summed E-state index contributed by atoms with van der Waals surface area (Å²) < 4.78 is 83.5. The molecule has 0 amide bonds. The third-order valence-corrected chi connectivity index (χ3v) is 8.20. The Morgan fingerprint density at radius 2 is 1.82 bits per heavy atom. The van der Waals surface area contributed by atoms with E-state index in [1.165, 1.54) is 13.2 Å². The van der Waals surface area contributed by atoms with Crippen molar-refractivity contribution in [2.75, 3.05) is 41.5 Å². The molecule has 38 heavy (non-hydrogen) atoms. The van der Waals surface area contributed by atoms with E-state index in [-0.39, 0.29) is 24.5 Å². The normalized spacial score (nSPS) is 13.6. The standard InChI is InChI=1S/C23H28F3N6O4PS/c1-5-36-37(3,33)15-16-8-10-18(11-9-16)30-22-29-14-19(23(24,25)26)20(31-22)28-13-17-7-6-12-27-21(17)32(2)38(4,34)35/h6-12,14H,5,13,15H2,1-4H3,(H2,28,29,30,31). The lowest BCUT2D eigenvalue weighted by Crippen LogP contribution is -2.27. The van der Waals surface area contributed by atoms with Gasteiger partial charge in [0.1, 0.15) is 17.2 Å². The summed E-state index contributed by atoms with van der Waals surface area (Å²) in [6, 6.07) is 9.87. The number of aromatic nitrogens is 3. The van der Waals surface area contributed by atoms with Crippen LogP contribution < -0.4 is 14.9 Å². The molecule has 0 radical (unpaired) electrons. The quantitative estimate of drug-likeness (QED) is 0.302. The summed E-state index contributed by atoms with van der Waals surface area (Å²) in [4.78, 5) is 11.9. The summed E-state index contributed by atoms with van der Waals surface area (Å²) >= 11 is 0. The lowest BCUT2D eigenvalue weighted by atomic mass is 10.2. The molecular formula is C23H28F3N6O4PS. The number of nitrogens with zero attached hydrogens (tertiary/aromatic N) is 4. The van der Waals surface area contributed by atoms with Crippen molar-refractivity contribution < 1.29 is 30.7 Å². The Bertz CT molecular complexity index is 1420. The molecule has 3 aromatic rings. The fraction of sp³-hybridized carbons (Fsp3) is 0.348. The van der Waals surface area contributed by atoms with E-state index in [4.69, 9.17) is 4.52 Å². The molecule has 2 N–H and O–H groups in total. The summed E-state index contributed by atoms with van der Waals surface area (Å²) in [5.41, 5.74) is 0.537. The molecule has 0 saturated heterocycles. The van der Waals surface area contributed by atoms with Crippen LogP contribution in [0.1, 0.15) is 23.6 Å². The van der Waals surface area contributed by atoms with Crippen molar-refractivity contribution in [1.82, 2.24) is 15.0 Å². The summed E-state index contributed by atoms with van der Waals surface area (Å²) in [6.07, 6.45) is -1.45. The summed E-state index contributed by atoms with van der Waals surface area (Å²) in [5, 5.41) is 5.49. The van der Waals surface area contributed by atoms with Gasteiger partial charge in [0.05, 0.1) is 12.9 Å². The summed E-state index contributed by atoms with van der Waals surface area (Å²) in [6.45, 7) is 3.47. The largest absolute Gasteiger partial charge is 0.421 e. The molecular weight excluding hydrogens is 544 g/mol. The number of hydrogen-bond acceptors (Lipinski definition) is 9. The number of rotatable bonds is 11. The zero-order valence-electron chi connectivity index (χ0n) is 21.2. The van der Waals surface area contributed by atoms with E-state index in [9.17, 15) is 26.2 Å². The van der Waals surface area contributed by atoms with E-state index < -0.39 is 34.9 Å². The predicted octanol–water partition coefficient (Wildman–Crippen LogP) is 5.09. The Labute approximate surface area is 219 Å². The van der Waals surface area contributed by atoms with E-state index in [1.807, 2.05) is 0 Å². The highest BCUT2D eigenvalue weighted by atomic mass is 32.2. The zero-order chi connectivity index (χ0) is 28.1. The van der Waals surface area contributed by atoms with Gasteiger partial charge in [0.2, 0.25) is 23.3 Å². The highest BCUT2D eigenvalue weighted by Gasteiger charge is 2.35. The maximum Gasteiger partial charge on any atom is 0.421 e.